The van der Waals surface area contributed by atoms with E-state index < -0.39 is 0 Å². The normalized spacial score (nSPS) is 14.2. The third-order valence-electron chi connectivity index (χ3n) is 6.24. The number of benzene rings is 1. The second-order valence-corrected chi connectivity index (χ2v) is 8.89. The summed E-state index contributed by atoms with van der Waals surface area (Å²) < 4.78 is 4.79. The fourth-order valence-corrected chi connectivity index (χ4v) is 4.60. The Morgan fingerprint density at radius 2 is 1.86 bits per heavy atom. The SMILES string of the molecule is CCc1ncnc(-c2ccc(C(=O)N3CCN(Cc4ncon4)CC3)c(Cl)c2)c1-c1ccc(N)nc1. The summed E-state index contributed by atoms with van der Waals surface area (Å²) in [6, 6.07) is 9.09. The van der Waals surface area contributed by atoms with Gasteiger partial charge >= 0.3 is 0 Å². The Kier molecular flexibility index (Phi) is 6.88. The third-order valence-corrected chi connectivity index (χ3v) is 6.55. The molecule has 2 N–H and O–H groups in total. The van der Waals surface area contributed by atoms with Crippen LogP contribution in [-0.2, 0) is 13.0 Å². The number of piperazine rings is 1. The number of hydrogen-bond donors (Lipinski definition) is 1. The van der Waals surface area contributed by atoms with Gasteiger partial charge in [-0.25, -0.2) is 15.0 Å². The summed E-state index contributed by atoms with van der Waals surface area (Å²) in [5, 5.41) is 4.23. The summed E-state index contributed by atoms with van der Waals surface area (Å²) in [6.45, 7) is 5.25. The van der Waals surface area contributed by atoms with Crippen LogP contribution < -0.4 is 5.73 Å². The lowest BCUT2D eigenvalue weighted by Crippen LogP contribution is -2.48. The summed E-state index contributed by atoms with van der Waals surface area (Å²) >= 11 is 6.65. The highest BCUT2D eigenvalue weighted by Crippen LogP contribution is 2.34. The van der Waals surface area contributed by atoms with Gasteiger partial charge in [0.05, 0.1) is 28.5 Å². The quantitative estimate of drug-likeness (QED) is 0.420. The first-order chi connectivity index (χ1) is 17.5. The van der Waals surface area contributed by atoms with E-state index in [1.807, 2.05) is 24.0 Å². The van der Waals surface area contributed by atoms with Crippen LogP contribution in [0.15, 0.2) is 53.8 Å². The molecular formula is C25H25ClN8O2. The van der Waals surface area contributed by atoms with E-state index in [0.29, 0.717) is 41.9 Å². The number of aromatic nitrogens is 5. The number of carbonyl (C=O) groups is 1. The molecule has 0 unspecified atom stereocenters. The minimum Gasteiger partial charge on any atom is -0.384 e. The molecule has 0 radical (unpaired) electrons. The van der Waals surface area contributed by atoms with E-state index in [1.165, 1.54) is 6.39 Å². The molecule has 0 aliphatic carbocycles. The summed E-state index contributed by atoms with van der Waals surface area (Å²) in [5.74, 6) is 0.987. The Labute approximate surface area is 213 Å². The Morgan fingerprint density at radius 1 is 1.06 bits per heavy atom. The lowest BCUT2D eigenvalue weighted by atomic mass is 9.97. The first-order valence-electron chi connectivity index (χ1n) is 11.7. The molecule has 4 heterocycles. The molecule has 10 nitrogen and oxygen atoms in total. The van der Waals surface area contributed by atoms with E-state index in [9.17, 15) is 4.79 Å². The molecule has 1 aromatic carbocycles. The number of carbonyl (C=O) groups excluding carboxylic acids is 1. The van der Waals surface area contributed by atoms with Gasteiger partial charge < -0.3 is 15.2 Å². The smallest absolute Gasteiger partial charge is 0.255 e. The maximum atomic E-state index is 13.3. The second-order valence-electron chi connectivity index (χ2n) is 8.48. The number of rotatable bonds is 6. The van der Waals surface area contributed by atoms with E-state index in [-0.39, 0.29) is 5.91 Å². The van der Waals surface area contributed by atoms with Crippen molar-refractivity contribution in [2.75, 3.05) is 31.9 Å². The molecule has 3 aromatic heterocycles. The molecule has 5 rings (SSSR count). The van der Waals surface area contributed by atoms with Crippen LogP contribution in [0.1, 0.15) is 28.8 Å². The van der Waals surface area contributed by atoms with Crippen molar-refractivity contribution in [3.05, 3.63) is 71.4 Å². The largest absolute Gasteiger partial charge is 0.384 e. The molecule has 1 amide bonds. The van der Waals surface area contributed by atoms with Crippen molar-refractivity contribution in [3.8, 4) is 22.4 Å². The Balaban J connectivity index is 1.36. The molecule has 1 aliphatic rings. The molecule has 1 aliphatic heterocycles. The number of amides is 1. The van der Waals surface area contributed by atoms with Crippen molar-refractivity contribution in [1.29, 1.82) is 0 Å². The molecule has 1 fully saturated rings. The highest BCUT2D eigenvalue weighted by Gasteiger charge is 2.25. The molecule has 184 valence electrons. The minimum absolute atomic E-state index is 0.0920. The lowest BCUT2D eigenvalue weighted by molar-refractivity contribution is 0.0624. The van der Waals surface area contributed by atoms with Crippen molar-refractivity contribution in [2.45, 2.75) is 19.9 Å². The summed E-state index contributed by atoms with van der Waals surface area (Å²) in [4.78, 5) is 34.6. The Hall–Kier alpha value is -3.89. The number of nitrogens with zero attached hydrogens (tertiary/aromatic N) is 7. The van der Waals surface area contributed by atoms with Gasteiger partial charge in [-0.2, -0.15) is 4.98 Å². The number of nitrogen functional groups attached to an aromatic ring is 1. The fourth-order valence-electron chi connectivity index (χ4n) is 4.34. The highest BCUT2D eigenvalue weighted by molar-refractivity contribution is 6.34. The minimum atomic E-state index is -0.0920. The van der Waals surface area contributed by atoms with Crippen molar-refractivity contribution < 1.29 is 9.32 Å². The van der Waals surface area contributed by atoms with E-state index in [4.69, 9.17) is 21.9 Å². The van der Waals surface area contributed by atoms with E-state index >= 15 is 0 Å². The van der Waals surface area contributed by atoms with Gasteiger partial charge in [-0.1, -0.05) is 29.7 Å². The van der Waals surface area contributed by atoms with Gasteiger partial charge in [0.1, 0.15) is 12.1 Å². The zero-order valence-electron chi connectivity index (χ0n) is 19.8. The third kappa shape index (κ3) is 4.91. The van der Waals surface area contributed by atoms with Gasteiger partial charge in [0.2, 0.25) is 6.39 Å². The molecule has 11 heteroatoms. The number of pyridine rings is 1. The Bertz CT molecular complexity index is 1350. The molecule has 1 saturated heterocycles. The van der Waals surface area contributed by atoms with Crippen LogP contribution in [-0.4, -0.2) is 67.0 Å². The summed E-state index contributed by atoms with van der Waals surface area (Å²) in [7, 11) is 0. The zero-order chi connectivity index (χ0) is 25.1. The first kappa shape index (κ1) is 23.8. The van der Waals surface area contributed by atoms with Crippen LogP contribution in [0.25, 0.3) is 22.4 Å². The van der Waals surface area contributed by atoms with Gasteiger partial charge in [0, 0.05) is 49.1 Å². The van der Waals surface area contributed by atoms with Crippen LogP contribution in [0, 0.1) is 0 Å². The molecule has 0 atom stereocenters. The standard InChI is InChI=1S/C25H25ClN8O2/c1-2-20-23(17-4-6-21(27)28-12-17)24(30-14-29-20)16-3-5-18(19(26)11-16)25(35)34-9-7-33(8-10-34)13-22-31-15-36-32-22/h3-6,11-12,14-15H,2,7-10,13H2,1H3,(H2,27,28). The first-order valence-corrected chi connectivity index (χ1v) is 12.0. The zero-order valence-corrected chi connectivity index (χ0v) is 20.5. The molecule has 0 saturated carbocycles. The van der Waals surface area contributed by atoms with Crippen LogP contribution in [0.4, 0.5) is 5.82 Å². The second kappa shape index (κ2) is 10.4. The molecule has 0 bridgehead atoms. The van der Waals surface area contributed by atoms with E-state index in [2.05, 4.69) is 30.0 Å². The van der Waals surface area contributed by atoms with Gasteiger partial charge in [-0.15, -0.1) is 0 Å². The van der Waals surface area contributed by atoms with Gasteiger partial charge in [-0.3, -0.25) is 9.69 Å². The maximum absolute atomic E-state index is 13.3. The monoisotopic (exact) mass is 504 g/mol. The van der Waals surface area contributed by atoms with Crippen LogP contribution in [0.5, 0.6) is 0 Å². The van der Waals surface area contributed by atoms with Crippen LogP contribution >= 0.6 is 11.6 Å². The molecule has 4 aromatic rings. The summed E-state index contributed by atoms with van der Waals surface area (Å²) in [6.07, 6.45) is 5.30. The molecular weight excluding hydrogens is 480 g/mol. The fraction of sp³-hybridized carbons (Fsp3) is 0.280. The average Bonchev–Trinajstić information content (AvgIpc) is 3.42. The predicted molar refractivity (Wildman–Crippen MR) is 135 cm³/mol. The number of halogens is 1. The number of hydrogen-bond acceptors (Lipinski definition) is 9. The maximum Gasteiger partial charge on any atom is 0.255 e. The van der Waals surface area contributed by atoms with Crippen molar-refractivity contribution >= 4 is 23.3 Å². The van der Waals surface area contributed by atoms with Crippen molar-refractivity contribution in [3.63, 3.8) is 0 Å². The topological polar surface area (TPSA) is 127 Å². The van der Waals surface area contributed by atoms with Gasteiger partial charge in [-0.05, 0) is 30.7 Å². The van der Waals surface area contributed by atoms with E-state index in [1.54, 1.807) is 30.7 Å². The predicted octanol–water partition coefficient (Wildman–Crippen LogP) is 3.34. The molecule has 36 heavy (non-hydrogen) atoms. The van der Waals surface area contributed by atoms with Crippen molar-refractivity contribution in [2.24, 2.45) is 0 Å². The van der Waals surface area contributed by atoms with Gasteiger partial charge in [0.25, 0.3) is 5.91 Å². The number of nitrogens with two attached hydrogens (primary N) is 1. The molecule has 0 spiro atoms. The average molecular weight is 505 g/mol. The highest BCUT2D eigenvalue weighted by atomic mass is 35.5. The number of anilines is 1. The number of aryl methyl sites for hydroxylation is 1. The van der Waals surface area contributed by atoms with Crippen LogP contribution in [0.2, 0.25) is 5.02 Å². The van der Waals surface area contributed by atoms with E-state index in [0.717, 1.165) is 47.6 Å². The van der Waals surface area contributed by atoms with Crippen LogP contribution in [0.3, 0.4) is 0 Å². The summed E-state index contributed by atoms with van der Waals surface area (Å²) in [5.41, 5.74) is 10.4. The lowest BCUT2D eigenvalue weighted by Gasteiger charge is -2.34. The van der Waals surface area contributed by atoms with Gasteiger partial charge in [0.15, 0.2) is 5.82 Å². The Morgan fingerprint density at radius 3 is 2.53 bits per heavy atom. The van der Waals surface area contributed by atoms with Crippen molar-refractivity contribution in [1.82, 2.24) is 34.9 Å².